The zero-order chi connectivity index (χ0) is 26.9. The molecule has 0 aliphatic heterocycles. The van der Waals surface area contributed by atoms with E-state index in [1.165, 1.54) is 11.1 Å². The Morgan fingerprint density at radius 2 is 1.67 bits per heavy atom. The van der Waals surface area contributed by atoms with E-state index < -0.39 is 20.0 Å². The first-order valence-corrected chi connectivity index (χ1v) is 18.2. The van der Waals surface area contributed by atoms with Crippen LogP contribution >= 0.6 is 0 Å². The number of hydrogen-bond donors (Lipinski definition) is 0. The minimum atomic E-state index is -1.89. The highest BCUT2D eigenvalue weighted by atomic mass is 28.4. The molecule has 1 aliphatic carbocycles. The van der Waals surface area contributed by atoms with Gasteiger partial charge in [-0.2, -0.15) is 0 Å². The van der Waals surface area contributed by atoms with Crippen molar-refractivity contribution in [2.45, 2.75) is 96.5 Å². The summed E-state index contributed by atoms with van der Waals surface area (Å²) in [5.41, 5.74) is 4.33. The van der Waals surface area contributed by atoms with Crippen LogP contribution in [-0.2, 0) is 25.1 Å². The summed E-state index contributed by atoms with van der Waals surface area (Å²) >= 11 is 0. The van der Waals surface area contributed by atoms with Crippen LogP contribution in [0.1, 0.15) is 63.8 Å². The number of nitro groups is 1. The van der Waals surface area contributed by atoms with Gasteiger partial charge in [0.2, 0.25) is 19.5 Å². The van der Waals surface area contributed by atoms with Gasteiger partial charge in [0.05, 0.1) is 16.6 Å². The van der Waals surface area contributed by atoms with Gasteiger partial charge in [0.25, 0.3) is 5.69 Å². The average Bonchev–Trinajstić information content (AvgIpc) is 3.19. The van der Waals surface area contributed by atoms with E-state index >= 15 is 0 Å². The Morgan fingerprint density at radius 3 is 2.22 bits per heavy atom. The second-order valence-electron chi connectivity index (χ2n) is 11.5. The zero-order valence-electron chi connectivity index (χ0n) is 23.0. The van der Waals surface area contributed by atoms with Crippen LogP contribution in [0.5, 0.6) is 0 Å². The number of nitro benzene ring substituents is 1. The number of hydrogen-bond acceptors (Lipinski definition) is 5. The molecule has 0 saturated carbocycles. The van der Waals surface area contributed by atoms with Crippen LogP contribution < -0.4 is 0 Å². The normalized spacial score (nSPS) is 16.4. The molecule has 0 N–H and O–H groups in total. The second kappa shape index (κ2) is 11.0. The van der Waals surface area contributed by atoms with Gasteiger partial charge in [0.15, 0.2) is 8.32 Å². The number of rotatable bonds is 10. The molecule has 1 aliphatic rings. The topological polar surface area (TPSA) is 70.8 Å². The smallest absolute Gasteiger partial charge is 0.277 e. The van der Waals surface area contributed by atoms with Crippen molar-refractivity contribution < 1.29 is 18.2 Å². The molecule has 1 atom stereocenters. The lowest BCUT2D eigenvalue weighted by Gasteiger charge is -2.38. The van der Waals surface area contributed by atoms with Gasteiger partial charge in [0, 0.05) is 11.5 Å². The predicted molar refractivity (Wildman–Crippen MR) is 150 cm³/mol. The molecule has 0 saturated heterocycles. The lowest BCUT2D eigenvalue weighted by atomic mass is 9.82. The van der Waals surface area contributed by atoms with Crippen molar-refractivity contribution in [2.75, 3.05) is 0 Å². The highest BCUT2D eigenvalue weighted by molar-refractivity contribution is 6.74. The Labute approximate surface area is 222 Å². The Bertz CT molecular complexity index is 1090. The maximum Gasteiger partial charge on any atom is 0.277 e. The molecule has 0 bridgehead atoms. The first kappa shape index (κ1) is 28.9. The highest BCUT2D eigenvalue weighted by Gasteiger charge is 2.41. The van der Waals surface area contributed by atoms with Crippen molar-refractivity contribution >= 4 is 33.5 Å². The number of aryl methyl sites for hydroxylation is 1. The molecule has 194 valence electrons. The standard InChI is InChI=1S/C27H39NO5Si3/c1-26(2,3)36(8,9)33-24-15-11-19-16-18(10-13-22(19)24)21-14-12-20(17-23(21)28(29)30)27(4,5)25(31-34-6)32-35-7/h10,12-14,16-17,24-25H,11,15H2,1-9H3. The number of nitrogens with zero attached hydrogens (tertiary/aromatic N) is 1. The summed E-state index contributed by atoms with van der Waals surface area (Å²) in [5.74, 6) is 0. The fourth-order valence-electron chi connectivity index (χ4n) is 4.40. The van der Waals surface area contributed by atoms with Crippen molar-refractivity contribution in [2.24, 2.45) is 0 Å². The quantitative estimate of drug-likeness (QED) is 0.137. The van der Waals surface area contributed by atoms with Crippen LogP contribution in [0.3, 0.4) is 0 Å². The molecule has 9 heteroatoms. The Balaban J connectivity index is 1.96. The summed E-state index contributed by atoms with van der Waals surface area (Å²) in [4.78, 5) is 11.9. The van der Waals surface area contributed by atoms with Crippen LogP contribution in [0.2, 0.25) is 31.2 Å². The maximum absolute atomic E-state index is 12.2. The van der Waals surface area contributed by atoms with E-state index in [0.717, 1.165) is 24.0 Å². The lowest BCUT2D eigenvalue weighted by molar-refractivity contribution is -0.384. The third-order valence-electron chi connectivity index (χ3n) is 7.70. The van der Waals surface area contributed by atoms with Crippen LogP contribution in [0.4, 0.5) is 5.69 Å². The van der Waals surface area contributed by atoms with Gasteiger partial charge in [-0.1, -0.05) is 58.9 Å². The van der Waals surface area contributed by atoms with Crippen molar-refractivity contribution in [3.05, 3.63) is 63.2 Å². The minimum absolute atomic E-state index is 0.101. The molecule has 0 heterocycles. The van der Waals surface area contributed by atoms with Crippen molar-refractivity contribution in [1.29, 1.82) is 0 Å². The minimum Gasteiger partial charge on any atom is -0.410 e. The zero-order valence-corrected chi connectivity index (χ0v) is 26.0. The Morgan fingerprint density at radius 1 is 1.03 bits per heavy atom. The first-order valence-electron chi connectivity index (χ1n) is 12.5. The molecule has 0 spiro atoms. The van der Waals surface area contributed by atoms with Crippen molar-refractivity contribution in [3.63, 3.8) is 0 Å². The Hall–Kier alpha value is -1.63. The third kappa shape index (κ3) is 5.92. The lowest BCUT2D eigenvalue weighted by Crippen LogP contribution is -2.41. The van der Waals surface area contributed by atoms with Gasteiger partial charge < -0.3 is 13.3 Å². The monoisotopic (exact) mass is 541 g/mol. The number of benzene rings is 2. The van der Waals surface area contributed by atoms with Crippen LogP contribution in [-0.4, -0.2) is 39.1 Å². The second-order valence-corrected chi connectivity index (χ2v) is 17.5. The summed E-state index contributed by atoms with van der Waals surface area (Å²) in [6, 6.07) is 11.8. The van der Waals surface area contributed by atoms with E-state index in [9.17, 15) is 10.1 Å². The van der Waals surface area contributed by atoms with Crippen molar-refractivity contribution in [3.8, 4) is 11.1 Å². The Kier molecular flexibility index (Phi) is 8.84. The molecule has 0 amide bonds. The fraction of sp³-hybridized carbons (Fsp3) is 0.556. The largest absolute Gasteiger partial charge is 0.410 e. The maximum atomic E-state index is 12.2. The van der Waals surface area contributed by atoms with Gasteiger partial charge in [-0.15, -0.1) is 0 Å². The van der Waals surface area contributed by atoms with E-state index in [1.54, 1.807) is 6.07 Å². The molecule has 0 aromatic heterocycles. The van der Waals surface area contributed by atoms with E-state index in [4.69, 9.17) is 13.3 Å². The van der Waals surface area contributed by atoms with Crippen LogP contribution in [0.25, 0.3) is 11.1 Å². The average molecular weight is 542 g/mol. The molecule has 2 aromatic rings. The summed E-state index contributed by atoms with van der Waals surface area (Å²) in [6.07, 6.45) is 1.52. The van der Waals surface area contributed by atoms with Crippen molar-refractivity contribution in [1.82, 2.24) is 0 Å². The van der Waals surface area contributed by atoms with Crippen LogP contribution in [0, 0.1) is 10.1 Å². The summed E-state index contributed by atoms with van der Waals surface area (Å²) in [7, 11) is -1.36. The highest BCUT2D eigenvalue weighted by Crippen LogP contribution is 2.45. The first-order chi connectivity index (χ1) is 16.7. The summed E-state index contributed by atoms with van der Waals surface area (Å²) in [5, 5.41) is 12.3. The number of fused-ring (bicyclic) bond motifs is 1. The van der Waals surface area contributed by atoms with Gasteiger partial charge in [-0.25, -0.2) is 0 Å². The van der Waals surface area contributed by atoms with E-state index in [1.807, 2.05) is 45.1 Å². The van der Waals surface area contributed by atoms with Gasteiger partial charge in [-0.05, 0) is 72.4 Å². The predicted octanol–water partition coefficient (Wildman–Crippen LogP) is 7.24. The van der Waals surface area contributed by atoms with E-state index in [-0.39, 0.29) is 41.3 Å². The SMILES string of the molecule is C[Si]OC(O[Si]C)C(C)(C)c1ccc(-c2ccc3c(c2)CCC3O[Si](C)(C)C(C)(C)C)c([N+](=O)[O-])c1. The molecule has 1 unspecified atom stereocenters. The molecule has 4 radical (unpaired) electrons. The third-order valence-corrected chi connectivity index (χ3v) is 13.1. The van der Waals surface area contributed by atoms with Gasteiger partial charge in [-0.3, -0.25) is 10.1 Å². The molecule has 2 aromatic carbocycles. The van der Waals surface area contributed by atoms with E-state index in [0.29, 0.717) is 5.56 Å². The van der Waals surface area contributed by atoms with E-state index in [2.05, 4.69) is 46.0 Å². The molecular formula is C27H39NO5Si3. The summed E-state index contributed by atoms with van der Waals surface area (Å²) < 4.78 is 18.5. The van der Waals surface area contributed by atoms with Gasteiger partial charge in [0.1, 0.15) is 6.29 Å². The molecule has 3 rings (SSSR count). The molecule has 0 fully saturated rings. The molecular weight excluding hydrogens is 503 g/mol. The summed E-state index contributed by atoms with van der Waals surface area (Å²) in [6.45, 7) is 19.3. The molecule has 6 nitrogen and oxygen atoms in total. The van der Waals surface area contributed by atoms with Crippen LogP contribution in [0.15, 0.2) is 36.4 Å². The van der Waals surface area contributed by atoms with Gasteiger partial charge >= 0.3 is 0 Å². The fourth-order valence-corrected chi connectivity index (χ4v) is 6.92. The molecule has 36 heavy (non-hydrogen) atoms.